The van der Waals surface area contributed by atoms with Crippen molar-refractivity contribution in [3.63, 3.8) is 0 Å². The molecule has 5 heteroatoms. The Morgan fingerprint density at radius 2 is 1.57 bits per heavy atom. The number of rotatable bonds is 4. The molecule has 2 amide bonds. The molecule has 2 heterocycles. The molecule has 1 atom stereocenters. The molecule has 4 rings (SSSR count). The first kappa shape index (κ1) is 18.7. The largest absolute Gasteiger partial charge is 0.368 e. The molecule has 0 aliphatic carbocycles. The quantitative estimate of drug-likeness (QED) is 0.888. The van der Waals surface area contributed by atoms with Crippen molar-refractivity contribution in [2.75, 3.05) is 19.7 Å². The van der Waals surface area contributed by atoms with Crippen LogP contribution in [0.4, 0.5) is 0 Å². The number of likely N-dealkylation sites (tertiary alicyclic amines) is 1. The average molecular weight is 378 g/mol. The molecule has 2 aliphatic rings. The number of nitrogens with zero attached hydrogens (tertiary/aromatic N) is 1. The molecule has 1 unspecified atom stereocenters. The highest BCUT2D eigenvalue weighted by Gasteiger charge is 2.31. The summed E-state index contributed by atoms with van der Waals surface area (Å²) in [6, 6.07) is 17.9. The van der Waals surface area contributed by atoms with Crippen LogP contribution in [0.2, 0.25) is 0 Å². The van der Waals surface area contributed by atoms with Crippen LogP contribution >= 0.6 is 0 Å². The van der Waals surface area contributed by atoms with Gasteiger partial charge in [0, 0.05) is 31.3 Å². The maximum absolute atomic E-state index is 12.6. The molecule has 2 aromatic carbocycles. The molecule has 0 spiro atoms. The topological polar surface area (TPSA) is 58.6 Å². The number of ether oxygens (including phenoxy) is 1. The van der Waals surface area contributed by atoms with E-state index in [-0.39, 0.29) is 24.0 Å². The van der Waals surface area contributed by atoms with Crippen molar-refractivity contribution < 1.29 is 14.3 Å². The van der Waals surface area contributed by atoms with Crippen LogP contribution in [0.1, 0.15) is 36.0 Å². The van der Waals surface area contributed by atoms with Crippen molar-refractivity contribution in [1.82, 2.24) is 10.2 Å². The third-order valence-corrected chi connectivity index (χ3v) is 5.60. The Hall–Kier alpha value is -2.66. The summed E-state index contributed by atoms with van der Waals surface area (Å²) in [5.74, 6) is 0.0577. The zero-order valence-electron chi connectivity index (χ0n) is 16.0. The first-order valence-electron chi connectivity index (χ1n) is 10.1. The standard InChI is InChI=1S/C23H26N2O3/c26-22(19-10-8-18(9-11-19)17-5-2-1-3-6-17)24-20-12-14-25(15-13-20)23(27)21-7-4-16-28-21/h1-3,5-6,8-11,20-21H,4,7,12-16H2,(H,24,26). The summed E-state index contributed by atoms with van der Waals surface area (Å²) in [6.45, 7) is 2.04. The molecule has 2 aliphatic heterocycles. The van der Waals surface area contributed by atoms with Gasteiger partial charge in [-0.2, -0.15) is 0 Å². The monoisotopic (exact) mass is 378 g/mol. The first-order valence-corrected chi connectivity index (χ1v) is 10.1. The van der Waals surface area contributed by atoms with Crippen molar-refractivity contribution in [2.45, 2.75) is 37.8 Å². The first-order chi connectivity index (χ1) is 13.7. The van der Waals surface area contributed by atoms with Crippen LogP contribution in [0.25, 0.3) is 11.1 Å². The summed E-state index contributed by atoms with van der Waals surface area (Å²) < 4.78 is 5.50. The Labute approximate surface area is 165 Å². The molecule has 5 nitrogen and oxygen atoms in total. The second-order valence-electron chi connectivity index (χ2n) is 7.52. The second-order valence-corrected chi connectivity index (χ2v) is 7.52. The fourth-order valence-corrected chi connectivity index (χ4v) is 3.93. The maximum atomic E-state index is 12.6. The minimum atomic E-state index is -0.255. The predicted octanol–water partition coefficient (Wildman–Crippen LogP) is 3.25. The van der Waals surface area contributed by atoms with E-state index < -0.39 is 0 Å². The van der Waals surface area contributed by atoms with Gasteiger partial charge in [-0.05, 0) is 48.9 Å². The summed E-state index contributed by atoms with van der Waals surface area (Å²) in [6.07, 6.45) is 3.10. The number of carbonyl (C=O) groups is 2. The third-order valence-electron chi connectivity index (χ3n) is 5.60. The van der Waals surface area contributed by atoms with Gasteiger partial charge in [-0.1, -0.05) is 42.5 Å². The van der Waals surface area contributed by atoms with E-state index in [1.54, 1.807) is 0 Å². The van der Waals surface area contributed by atoms with Gasteiger partial charge in [0.15, 0.2) is 0 Å². The van der Waals surface area contributed by atoms with Crippen LogP contribution in [0.15, 0.2) is 54.6 Å². The molecule has 1 N–H and O–H groups in total. The lowest BCUT2D eigenvalue weighted by Gasteiger charge is -2.33. The highest BCUT2D eigenvalue weighted by Crippen LogP contribution is 2.20. The summed E-state index contributed by atoms with van der Waals surface area (Å²) >= 11 is 0. The minimum absolute atomic E-state index is 0.0523. The van der Waals surface area contributed by atoms with E-state index in [1.807, 2.05) is 47.4 Å². The molecule has 0 radical (unpaired) electrons. The second kappa shape index (κ2) is 8.57. The Kier molecular flexibility index (Phi) is 5.72. The van der Waals surface area contributed by atoms with Crippen LogP contribution in [-0.2, 0) is 9.53 Å². The van der Waals surface area contributed by atoms with Crippen LogP contribution < -0.4 is 5.32 Å². The molecule has 0 saturated carbocycles. The van der Waals surface area contributed by atoms with E-state index in [4.69, 9.17) is 4.74 Å². The summed E-state index contributed by atoms with van der Waals surface area (Å²) in [5, 5.41) is 3.12. The molecule has 2 saturated heterocycles. The highest BCUT2D eigenvalue weighted by atomic mass is 16.5. The van der Waals surface area contributed by atoms with E-state index in [1.165, 1.54) is 0 Å². The van der Waals surface area contributed by atoms with E-state index in [2.05, 4.69) is 17.4 Å². The van der Waals surface area contributed by atoms with Gasteiger partial charge in [0.2, 0.25) is 0 Å². The van der Waals surface area contributed by atoms with Crippen molar-refractivity contribution >= 4 is 11.8 Å². The highest BCUT2D eigenvalue weighted by molar-refractivity contribution is 5.95. The Morgan fingerprint density at radius 3 is 2.21 bits per heavy atom. The van der Waals surface area contributed by atoms with Crippen molar-refractivity contribution in [3.05, 3.63) is 60.2 Å². The van der Waals surface area contributed by atoms with Crippen molar-refractivity contribution in [2.24, 2.45) is 0 Å². The number of benzene rings is 2. The number of carbonyl (C=O) groups excluding carboxylic acids is 2. The lowest BCUT2D eigenvalue weighted by molar-refractivity contribution is -0.142. The average Bonchev–Trinajstić information content (AvgIpc) is 3.29. The van der Waals surface area contributed by atoms with E-state index in [9.17, 15) is 9.59 Å². The molecule has 0 bridgehead atoms. The van der Waals surface area contributed by atoms with Crippen LogP contribution in [0.3, 0.4) is 0 Å². The molecular weight excluding hydrogens is 352 g/mol. The molecular formula is C23H26N2O3. The predicted molar refractivity (Wildman–Crippen MR) is 108 cm³/mol. The third kappa shape index (κ3) is 4.25. The van der Waals surface area contributed by atoms with Gasteiger partial charge in [0.05, 0.1) is 0 Å². The van der Waals surface area contributed by atoms with E-state index in [0.717, 1.165) is 36.8 Å². The SMILES string of the molecule is O=C(NC1CCN(C(=O)C2CCCO2)CC1)c1ccc(-c2ccccc2)cc1. The van der Waals surface area contributed by atoms with Crippen molar-refractivity contribution in [3.8, 4) is 11.1 Å². The fourth-order valence-electron chi connectivity index (χ4n) is 3.93. The van der Waals surface area contributed by atoms with Gasteiger partial charge in [0.25, 0.3) is 11.8 Å². The van der Waals surface area contributed by atoms with E-state index >= 15 is 0 Å². The van der Waals surface area contributed by atoms with E-state index in [0.29, 0.717) is 25.3 Å². The molecule has 2 aromatic rings. The molecule has 146 valence electrons. The number of hydrogen-bond acceptors (Lipinski definition) is 3. The van der Waals surface area contributed by atoms with Gasteiger partial charge >= 0.3 is 0 Å². The zero-order chi connectivity index (χ0) is 19.3. The van der Waals surface area contributed by atoms with Gasteiger partial charge in [-0.25, -0.2) is 0 Å². The lowest BCUT2D eigenvalue weighted by atomic mass is 10.0. The van der Waals surface area contributed by atoms with Gasteiger partial charge in [-0.15, -0.1) is 0 Å². The Balaban J connectivity index is 1.29. The summed E-state index contributed by atoms with van der Waals surface area (Å²) in [7, 11) is 0. The zero-order valence-corrected chi connectivity index (χ0v) is 16.0. The number of piperidine rings is 1. The smallest absolute Gasteiger partial charge is 0.251 e. The number of amides is 2. The summed E-state index contributed by atoms with van der Waals surface area (Å²) in [5.41, 5.74) is 2.90. The molecule has 28 heavy (non-hydrogen) atoms. The Bertz CT molecular complexity index is 806. The minimum Gasteiger partial charge on any atom is -0.368 e. The number of hydrogen-bond donors (Lipinski definition) is 1. The molecule has 2 fully saturated rings. The van der Waals surface area contributed by atoms with Gasteiger partial charge in [0.1, 0.15) is 6.10 Å². The normalized spacial score (nSPS) is 20.1. The van der Waals surface area contributed by atoms with Crippen LogP contribution in [0.5, 0.6) is 0 Å². The lowest BCUT2D eigenvalue weighted by Crippen LogP contribution is -2.49. The van der Waals surface area contributed by atoms with Gasteiger partial charge < -0.3 is 15.0 Å². The fraction of sp³-hybridized carbons (Fsp3) is 0.391. The number of nitrogens with one attached hydrogen (secondary N) is 1. The molecule has 0 aromatic heterocycles. The maximum Gasteiger partial charge on any atom is 0.251 e. The van der Waals surface area contributed by atoms with Crippen LogP contribution in [-0.4, -0.2) is 48.6 Å². The van der Waals surface area contributed by atoms with Crippen LogP contribution in [0, 0.1) is 0 Å². The van der Waals surface area contributed by atoms with Crippen molar-refractivity contribution in [1.29, 1.82) is 0 Å². The Morgan fingerprint density at radius 1 is 0.893 bits per heavy atom. The van der Waals surface area contributed by atoms with Gasteiger partial charge in [-0.3, -0.25) is 9.59 Å². The summed E-state index contributed by atoms with van der Waals surface area (Å²) in [4.78, 5) is 26.9.